The average molecular weight is 439 g/mol. The third-order valence-electron chi connectivity index (χ3n) is 4.68. The molecule has 1 aliphatic rings. The van der Waals surface area contributed by atoms with Crippen LogP contribution >= 0.6 is 11.6 Å². The summed E-state index contributed by atoms with van der Waals surface area (Å²) >= 11 is 6.42. The van der Waals surface area contributed by atoms with E-state index >= 15 is 0 Å². The van der Waals surface area contributed by atoms with Crippen LogP contribution < -0.4 is 10.2 Å². The Morgan fingerprint density at radius 2 is 1.80 bits per heavy atom. The number of nitrogens with one attached hydrogen (secondary N) is 1. The third-order valence-corrected chi connectivity index (χ3v) is 4.99. The van der Waals surface area contributed by atoms with Crippen molar-refractivity contribution in [2.24, 2.45) is 0 Å². The van der Waals surface area contributed by atoms with Crippen LogP contribution in [0.25, 0.3) is 11.4 Å². The fourth-order valence-corrected chi connectivity index (χ4v) is 3.48. The summed E-state index contributed by atoms with van der Waals surface area (Å²) in [7, 11) is 0. The van der Waals surface area contributed by atoms with Gasteiger partial charge in [0.15, 0.2) is 0 Å². The number of halogens is 4. The van der Waals surface area contributed by atoms with Gasteiger partial charge in [0.2, 0.25) is 11.7 Å². The first-order valence-electron chi connectivity index (χ1n) is 9.27. The zero-order valence-electron chi connectivity index (χ0n) is 15.7. The fourth-order valence-electron chi connectivity index (χ4n) is 3.19. The Bertz CT molecular complexity index is 1000. The van der Waals surface area contributed by atoms with Gasteiger partial charge in [-0.05, 0) is 24.3 Å². The summed E-state index contributed by atoms with van der Waals surface area (Å²) in [5.74, 6) is 0.526. The number of benzene rings is 2. The van der Waals surface area contributed by atoms with Crippen LogP contribution in [0.2, 0.25) is 5.02 Å². The van der Waals surface area contributed by atoms with Crippen molar-refractivity contribution in [1.82, 2.24) is 10.1 Å². The zero-order chi connectivity index (χ0) is 21.1. The number of aromatic nitrogens is 2. The first-order chi connectivity index (χ1) is 14.4. The van der Waals surface area contributed by atoms with Gasteiger partial charge in [-0.1, -0.05) is 35.0 Å². The summed E-state index contributed by atoms with van der Waals surface area (Å²) in [6.07, 6.45) is -4.39. The Morgan fingerprint density at radius 1 is 1.07 bits per heavy atom. The second-order valence-corrected chi connectivity index (χ2v) is 7.08. The second-order valence-electron chi connectivity index (χ2n) is 6.68. The molecule has 2 heterocycles. The Labute approximate surface area is 175 Å². The van der Waals surface area contributed by atoms with E-state index in [1.165, 1.54) is 12.1 Å². The largest absolute Gasteiger partial charge is 0.416 e. The van der Waals surface area contributed by atoms with Gasteiger partial charge >= 0.3 is 6.18 Å². The summed E-state index contributed by atoms with van der Waals surface area (Å²) in [4.78, 5) is 6.41. The Hall–Kier alpha value is -2.78. The van der Waals surface area contributed by atoms with Crippen molar-refractivity contribution in [2.45, 2.75) is 12.7 Å². The Kier molecular flexibility index (Phi) is 5.83. The molecule has 2 aromatic carbocycles. The number of hydrogen-bond acceptors (Lipinski definition) is 6. The minimum Gasteiger partial charge on any atom is -0.378 e. The predicted octanol–water partition coefficient (Wildman–Crippen LogP) is 4.86. The molecule has 1 N–H and O–H groups in total. The maximum Gasteiger partial charge on any atom is 0.416 e. The monoisotopic (exact) mass is 438 g/mol. The van der Waals surface area contributed by atoms with E-state index in [4.69, 9.17) is 20.9 Å². The van der Waals surface area contributed by atoms with Gasteiger partial charge in [0.1, 0.15) is 0 Å². The molecule has 10 heteroatoms. The average Bonchev–Trinajstić information content (AvgIpc) is 3.21. The van der Waals surface area contributed by atoms with Crippen LogP contribution in [-0.4, -0.2) is 36.4 Å². The van der Waals surface area contributed by atoms with E-state index < -0.39 is 11.7 Å². The van der Waals surface area contributed by atoms with Crippen molar-refractivity contribution in [1.29, 1.82) is 0 Å². The molecule has 0 spiro atoms. The van der Waals surface area contributed by atoms with Gasteiger partial charge in [0, 0.05) is 18.7 Å². The van der Waals surface area contributed by atoms with E-state index in [-0.39, 0.29) is 12.4 Å². The van der Waals surface area contributed by atoms with E-state index in [0.29, 0.717) is 29.7 Å². The van der Waals surface area contributed by atoms with E-state index in [9.17, 15) is 13.2 Å². The molecule has 6 nitrogen and oxygen atoms in total. The van der Waals surface area contributed by atoms with Crippen molar-refractivity contribution in [3.8, 4) is 11.4 Å². The van der Waals surface area contributed by atoms with Crippen molar-refractivity contribution < 1.29 is 22.4 Å². The van der Waals surface area contributed by atoms with Gasteiger partial charge in [-0.2, -0.15) is 18.2 Å². The maximum atomic E-state index is 12.7. The molecule has 30 heavy (non-hydrogen) atoms. The van der Waals surface area contributed by atoms with Crippen molar-refractivity contribution in [3.05, 3.63) is 58.9 Å². The lowest BCUT2D eigenvalue weighted by atomic mass is 10.1. The lowest BCUT2D eigenvalue weighted by Gasteiger charge is -2.31. The van der Waals surface area contributed by atoms with Gasteiger partial charge in [-0.25, -0.2) is 0 Å². The lowest BCUT2D eigenvalue weighted by Crippen LogP contribution is -2.36. The molecule has 158 valence electrons. The topological polar surface area (TPSA) is 63.4 Å². The molecular formula is C20H18ClF3N4O2. The highest BCUT2D eigenvalue weighted by molar-refractivity contribution is 6.34. The molecule has 1 saturated heterocycles. The van der Waals surface area contributed by atoms with Crippen LogP contribution in [0.4, 0.5) is 24.5 Å². The molecule has 0 bridgehead atoms. The highest BCUT2D eigenvalue weighted by atomic mass is 35.5. The number of hydrogen-bond donors (Lipinski definition) is 1. The molecule has 1 aliphatic heterocycles. The second kappa shape index (κ2) is 8.53. The number of nitrogens with zero attached hydrogens (tertiary/aromatic N) is 3. The number of ether oxygens (including phenoxy) is 1. The molecule has 1 fully saturated rings. The smallest absolute Gasteiger partial charge is 0.378 e. The number of para-hydroxylation sites is 1. The summed E-state index contributed by atoms with van der Waals surface area (Å²) in [6, 6.07) is 10.2. The van der Waals surface area contributed by atoms with Gasteiger partial charge in [-0.15, -0.1) is 0 Å². The Morgan fingerprint density at radius 3 is 2.50 bits per heavy atom. The van der Waals surface area contributed by atoms with Crippen LogP contribution in [0.5, 0.6) is 0 Å². The van der Waals surface area contributed by atoms with Crippen LogP contribution in [0.3, 0.4) is 0 Å². The quantitative estimate of drug-likeness (QED) is 0.614. The minimum atomic E-state index is -4.39. The van der Waals surface area contributed by atoms with Crippen LogP contribution in [-0.2, 0) is 17.5 Å². The SMILES string of the molecule is FC(F)(F)c1ccc(-c2noc(CNc3cccc(Cl)c3N3CCOCC3)n2)cc1. The lowest BCUT2D eigenvalue weighted by molar-refractivity contribution is -0.137. The predicted molar refractivity (Wildman–Crippen MR) is 107 cm³/mol. The van der Waals surface area contributed by atoms with Gasteiger partial charge in [0.25, 0.3) is 0 Å². The molecular weight excluding hydrogens is 421 g/mol. The van der Waals surface area contributed by atoms with E-state index in [2.05, 4.69) is 20.4 Å². The molecule has 0 aliphatic carbocycles. The standard InChI is InChI=1S/C20H18ClF3N4O2/c21-15-2-1-3-16(18(15)28-8-10-29-11-9-28)25-12-17-26-19(27-30-17)13-4-6-14(7-5-13)20(22,23)24/h1-7,25H,8-12H2. The van der Waals surface area contributed by atoms with Crippen molar-refractivity contribution in [2.75, 3.05) is 36.5 Å². The molecule has 0 amide bonds. The van der Waals surface area contributed by atoms with Crippen LogP contribution in [0, 0.1) is 0 Å². The summed E-state index contributed by atoms with van der Waals surface area (Å²) < 4.78 is 48.8. The minimum absolute atomic E-state index is 0.222. The number of anilines is 2. The maximum absolute atomic E-state index is 12.7. The molecule has 0 atom stereocenters. The highest BCUT2D eigenvalue weighted by Gasteiger charge is 2.30. The van der Waals surface area contributed by atoms with Gasteiger partial charge in [-0.3, -0.25) is 0 Å². The molecule has 0 unspecified atom stereocenters. The summed E-state index contributed by atoms with van der Waals surface area (Å²) in [5.41, 5.74) is 1.41. The van der Waals surface area contributed by atoms with Crippen molar-refractivity contribution >= 4 is 23.0 Å². The number of alkyl halides is 3. The van der Waals surface area contributed by atoms with Crippen LogP contribution in [0.1, 0.15) is 11.5 Å². The summed E-state index contributed by atoms with van der Waals surface area (Å²) in [6.45, 7) is 2.97. The Balaban J connectivity index is 1.47. The van der Waals surface area contributed by atoms with Crippen LogP contribution in [0.15, 0.2) is 47.0 Å². The fraction of sp³-hybridized carbons (Fsp3) is 0.300. The normalized spacial score (nSPS) is 14.7. The number of morpholine rings is 1. The van der Waals surface area contributed by atoms with Crippen molar-refractivity contribution in [3.63, 3.8) is 0 Å². The first-order valence-corrected chi connectivity index (χ1v) is 9.65. The van der Waals surface area contributed by atoms with E-state index in [0.717, 1.165) is 36.6 Å². The number of rotatable bonds is 5. The molecule has 0 saturated carbocycles. The molecule has 0 radical (unpaired) electrons. The summed E-state index contributed by atoms with van der Waals surface area (Å²) in [5, 5.41) is 7.73. The third kappa shape index (κ3) is 4.52. The highest BCUT2D eigenvalue weighted by Crippen LogP contribution is 2.35. The van der Waals surface area contributed by atoms with Gasteiger partial charge in [0.05, 0.1) is 41.7 Å². The molecule has 4 rings (SSSR count). The molecule has 1 aromatic heterocycles. The molecule has 3 aromatic rings. The van der Waals surface area contributed by atoms with E-state index in [1.54, 1.807) is 0 Å². The van der Waals surface area contributed by atoms with E-state index in [1.807, 2.05) is 18.2 Å². The zero-order valence-corrected chi connectivity index (χ0v) is 16.5. The van der Waals surface area contributed by atoms with Gasteiger partial charge < -0.3 is 19.5 Å². The first kappa shape index (κ1) is 20.5.